The van der Waals surface area contributed by atoms with Gasteiger partial charge in [-0.3, -0.25) is 0 Å². The Morgan fingerprint density at radius 1 is 1.20 bits per heavy atom. The number of rotatable bonds is 6. The molecular weight excluding hydrogens is 254 g/mol. The second kappa shape index (κ2) is 5.59. The lowest BCUT2D eigenvalue weighted by atomic mass is 10.0. The first kappa shape index (κ1) is 13.1. The highest BCUT2D eigenvalue weighted by Crippen LogP contribution is 2.36. The van der Waals surface area contributed by atoms with Gasteiger partial charge in [0.15, 0.2) is 11.5 Å². The number of nitrogens with one attached hydrogen (secondary N) is 1. The van der Waals surface area contributed by atoms with Crippen LogP contribution in [0.4, 0.5) is 0 Å². The first-order valence-electron chi connectivity index (χ1n) is 6.84. The topological polar surface area (TPSA) is 43.6 Å². The van der Waals surface area contributed by atoms with Gasteiger partial charge in [-0.1, -0.05) is 0 Å². The maximum absolute atomic E-state index is 5.53. The smallest absolute Gasteiger partial charge is 0.161 e. The Balaban J connectivity index is 1.98. The van der Waals surface area contributed by atoms with Crippen LogP contribution in [0.2, 0.25) is 0 Å². The second-order valence-electron chi connectivity index (χ2n) is 5.00. The first-order chi connectivity index (χ1) is 9.81. The highest BCUT2D eigenvalue weighted by atomic mass is 16.5. The van der Waals surface area contributed by atoms with E-state index in [0.29, 0.717) is 11.8 Å². The van der Waals surface area contributed by atoms with Gasteiger partial charge in [-0.15, -0.1) is 0 Å². The van der Waals surface area contributed by atoms with Crippen LogP contribution in [0, 0.1) is 0 Å². The molecule has 1 saturated carbocycles. The molecule has 2 aromatic rings. The summed E-state index contributed by atoms with van der Waals surface area (Å²) in [6, 6.07) is 8.51. The summed E-state index contributed by atoms with van der Waals surface area (Å²) in [6.45, 7) is 0.807. The van der Waals surface area contributed by atoms with Crippen molar-refractivity contribution in [3.8, 4) is 22.8 Å². The number of benzene rings is 1. The molecule has 1 aromatic carbocycles. The molecule has 1 aliphatic carbocycles. The number of hydrogen-bond donors (Lipinski definition) is 1. The minimum atomic E-state index is 0.660. The van der Waals surface area contributed by atoms with Crippen LogP contribution < -0.4 is 14.8 Å². The average Bonchev–Trinajstić information content (AvgIpc) is 3.16. The molecule has 4 nitrogen and oxygen atoms in total. The van der Waals surface area contributed by atoms with Crippen LogP contribution in [0.5, 0.6) is 11.5 Å². The van der Waals surface area contributed by atoms with Gasteiger partial charge in [-0.05, 0) is 42.7 Å². The molecule has 0 bridgehead atoms. The third-order valence-electron chi connectivity index (χ3n) is 3.55. The van der Waals surface area contributed by atoms with Crippen molar-refractivity contribution in [2.45, 2.75) is 25.4 Å². The molecule has 20 heavy (non-hydrogen) atoms. The van der Waals surface area contributed by atoms with Crippen LogP contribution in [0.15, 0.2) is 34.9 Å². The maximum Gasteiger partial charge on any atom is 0.161 e. The van der Waals surface area contributed by atoms with Crippen molar-refractivity contribution >= 4 is 0 Å². The Labute approximate surface area is 118 Å². The van der Waals surface area contributed by atoms with E-state index in [4.69, 9.17) is 13.9 Å². The van der Waals surface area contributed by atoms with E-state index in [-0.39, 0.29) is 0 Å². The van der Waals surface area contributed by atoms with E-state index < -0.39 is 0 Å². The molecule has 0 radical (unpaired) electrons. The van der Waals surface area contributed by atoms with Crippen LogP contribution in [-0.4, -0.2) is 20.3 Å². The fourth-order valence-electron chi connectivity index (χ4n) is 2.27. The van der Waals surface area contributed by atoms with Crippen LogP contribution in [0.25, 0.3) is 11.3 Å². The van der Waals surface area contributed by atoms with Crippen LogP contribution >= 0.6 is 0 Å². The fourth-order valence-corrected chi connectivity index (χ4v) is 2.27. The Morgan fingerprint density at radius 3 is 2.55 bits per heavy atom. The predicted molar refractivity (Wildman–Crippen MR) is 77.1 cm³/mol. The lowest BCUT2D eigenvalue weighted by molar-refractivity contribution is 0.354. The molecule has 1 aliphatic rings. The number of furan rings is 1. The molecule has 0 atom stereocenters. The first-order valence-corrected chi connectivity index (χ1v) is 6.84. The Kier molecular flexibility index (Phi) is 3.65. The summed E-state index contributed by atoms with van der Waals surface area (Å²) in [5, 5.41) is 3.53. The van der Waals surface area contributed by atoms with Gasteiger partial charge in [-0.25, -0.2) is 0 Å². The summed E-state index contributed by atoms with van der Waals surface area (Å²) in [7, 11) is 3.30. The van der Waals surface area contributed by atoms with E-state index in [9.17, 15) is 0 Å². The van der Waals surface area contributed by atoms with E-state index in [1.165, 1.54) is 12.8 Å². The van der Waals surface area contributed by atoms with E-state index in [2.05, 4.69) is 5.32 Å². The molecule has 106 valence electrons. The standard InChI is InChI=1S/C16H19NO3/c1-18-15-8-11(10-17-12-5-6-12)13(9-16(15)19-2)14-4-3-7-20-14/h3-4,7-9,12,17H,5-6,10H2,1-2H3. The van der Waals surface area contributed by atoms with Crippen LogP contribution in [-0.2, 0) is 6.54 Å². The lowest BCUT2D eigenvalue weighted by Crippen LogP contribution is -2.16. The third-order valence-corrected chi connectivity index (χ3v) is 3.55. The largest absolute Gasteiger partial charge is 0.493 e. The zero-order valence-corrected chi connectivity index (χ0v) is 11.8. The summed E-state index contributed by atoms with van der Waals surface area (Å²) in [6.07, 6.45) is 4.22. The second-order valence-corrected chi connectivity index (χ2v) is 5.00. The zero-order valence-electron chi connectivity index (χ0n) is 11.8. The summed E-state index contributed by atoms with van der Waals surface area (Å²) < 4.78 is 16.3. The van der Waals surface area contributed by atoms with Crippen LogP contribution in [0.3, 0.4) is 0 Å². The molecule has 0 unspecified atom stereocenters. The number of ether oxygens (including phenoxy) is 2. The molecule has 1 heterocycles. The SMILES string of the molecule is COc1cc(CNC2CC2)c(-c2ccco2)cc1OC. The van der Waals surface area contributed by atoms with Gasteiger partial charge in [0.1, 0.15) is 5.76 Å². The quantitative estimate of drug-likeness (QED) is 0.877. The summed E-state index contributed by atoms with van der Waals surface area (Å²) in [5.41, 5.74) is 2.20. The van der Waals surface area contributed by atoms with Gasteiger partial charge in [0, 0.05) is 18.2 Å². The molecule has 0 aliphatic heterocycles. The molecule has 0 saturated heterocycles. The van der Waals surface area contributed by atoms with E-state index in [0.717, 1.165) is 29.2 Å². The molecular formula is C16H19NO3. The van der Waals surface area contributed by atoms with Crippen molar-refractivity contribution in [3.05, 3.63) is 36.1 Å². The van der Waals surface area contributed by atoms with Gasteiger partial charge < -0.3 is 19.2 Å². The third kappa shape index (κ3) is 2.65. The highest BCUT2D eigenvalue weighted by molar-refractivity contribution is 5.67. The molecule has 4 heteroatoms. The molecule has 1 aromatic heterocycles. The molecule has 3 rings (SSSR count). The monoisotopic (exact) mass is 273 g/mol. The van der Waals surface area contributed by atoms with Crippen LogP contribution in [0.1, 0.15) is 18.4 Å². The Hall–Kier alpha value is -1.94. The van der Waals surface area contributed by atoms with Crippen molar-refractivity contribution in [3.63, 3.8) is 0 Å². The molecule has 1 fully saturated rings. The number of hydrogen-bond acceptors (Lipinski definition) is 4. The summed E-state index contributed by atoms with van der Waals surface area (Å²) in [4.78, 5) is 0. The van der Waals surface area contributed by atoms with E-state index in [1.807, 2.05) is 24.3 Å². The minimum absolute atomic E-state index is 0.660. The molecule has 0 spiro atoms. The summed E-state index contributed by atoms with van der Waals surface area (Å²) in [5.74, 6) is 2.31. The van der Waals surface area contributed by atoms with Crippen molar-refractivity contribution in [2.24, 2.45) is 0 Å². The lowest BCUT2D eigenvalue weighted by Gasteiger charge is -2.14. The summed E-state index contributed by atoms with van der Waals surface area (Å²) >= 11 is 0. The van der Waals surface area contributed by atoms with Crippen molar-refractivity contribution in [1.82, 2.24) is 5.32 Å². The van der Waals surface area contributed by atoms with Gasteiger partial charge in [0.25, 0.3) is 0 Å². The normalized spacial score (nSPS) is 14.3. The average molecular weight is 273 g/mol. The zero-order chi connectivity index (χ0) is 13.9. The van der Waals surface area contributed by atoms with Crippen molar-refractivity contribution < 1.29 is 13.9 Å². The number of methoxy groups -OCH3 is 2. The Morgan fingerprint density at radius 2 is 1.95 bits per heavy atom. The van der Waals surface area contributed by atoms with Crippen molar-refractivity contribution in [1.29, 1.82) is 0 Å². The van der Waals surface area contributed by atoms with Crippen molar-refractivity contribution in [2.75, 3.05) is 14.2 Å². The molecule has 0 amide bonds. The highest BCUT2D eigenvalue weighted by Gasteiger charge is 2.21. The van der Waals surface area contributed by atoms with E-state index in [1.54, 1.807) is 20.5 Å². The van der Waals surface area contributed by atoms with Gasteiger partial charge in [0.05, 0.1) is 20.5 Å². The Bertz CT molecular complexity index is 574. The minimum Gasteiger partial charge on any atom is -0.493 e. The van der Waals surface area contributed by atoms with Gasteiger partial charge in [-0.2, -0.15) is 0 Å². The molecule has 1 N–H and O–H groups in total. The fraction of sp³-hybridized carbons (Fsp3) is 0.375. The van der Waals surface area contributed by atoms with Gasteiger partial charge in [0.2, 0.25) is 0 Å². The van der Waals surface area contributed by atoms with E-state index >= 15 is 0 Å². The van der Waals surface area contributed by atoms with Gasteiger partial charge >= 0.3 is 0 Å². The maximum atomic E-state index is 5.53. The predicted octanol–water partition coefficient (Wildman–Crippen LogP) is 3.22.